The van der Waals surface area contributed by atoms with Crippen LogP contribution in [0.3, 0.4) is 0 Å². The first-order valence-electron chi connectivity index (χ1n) is 4.62. The Labute approximate surface area is 106 Å². The van der Waals surface area contributed by atoms with E-state index in [1.165, 1.54) is 0 Å². The van der Waals surface area contributed by atoms with E-state index in [1.54, 1.807) is 4.68 Å². The molecule has 1 aromatic carbocycles. The Morgan fingerprint density at radius 3 is 2.12 bits per heavy atom. The first kappa shape index (κ1) is 12.7. The topological polar surface area (TPSA) is 16.2 Å². The number of benzene rings is 1. The predicted octanol–water partition coefficient (Wildman–Crippen LogP) is -0.573. The Morgan fingerprint density at radius 2 is 1.50 bits per heavy atom. The molecule has 0 spiro atoms. The smallest absolute Gasteiger partial charge is 0.204 e. The van der Waals surface area contributed by atoms with E-state index in [-0.39, 0.29) is 12.4 Å². The van der Waals surface area contributed by atoms with Crippen molar-refractivity contribution in [3.63, 3.8) is 0 Å². The Morgan fingerprint density at radius 1 is 0.938 bits per heavy atom. The van der Waals surface area contributed by atoms with Crippen molar-refractivity contribution in [3.8, 4) is 0 Å². The highest BCUT2D eigenvalue weighted by Gasteiger charge is 2.02. The predicted molar refractivity (Wildman–Crippen MR) is 60.9 cm³/mol. The van der Waals surface area contributed by atoms with Crippen LogP contribution >= 0.6 is 11.6 Å². The van der Waals surface area contributed by atoms with E-state index in [0.717, 1.165) is 5.56 Å². The molecular weight excluding hydrogens is 243 g/mol. The molecule has 0 aliphatic rings. The van der Waals surface area contributed by atoms with Crippen LogP contribution in [0.1, 0.15) is 5.56 Å². The zero-order valence-corrected chi connectivity index (χ0v) is 9.94. The van der Waals surface area contributed by atoms with E-state index in [2.05, 4.69) is 5.10 Å². The molecule has 4 heteroatoms. The minimum absolute atomic E-state index is 0. The van der Waals surface area contributed by atoms with E-state index in [9.17, 15) is 0 Å². The van der Waals surface area contributed by atoms with Gasteiger partial charge in [0.05, 0.1) is 0 Å². The van der Waals surface area contributed by atoms with Crippen molar-refractivity contribution in [1.29, 1.82) is 0 Å². The standard InChI is InChI=1S/C12H10ClN2.ClH/c13-12(11-7-3-1-4-8-11)14-15-9-5-2-6-10-15;/h1-10H;1H/q+1;/p-1/b14-12-;. The molecule has 0 fully saturated rings. The van der Waals surface area contributed by atoms with Crippen LogP contribution in [0.2, 0.25) is 0 Å². The molecule has 2 rings (SSSR count). The van der Waals surface area contributed by atoms with Gasteiger partial charge in [0.25, 0.3) is 0 Å². The summed E-state index contributed by atoms with van der Waals surface area (Å²) in [5.74, 6) is 0. The average molecular weight is 253 g/mol. The summed E-state index contributed by atoms with van der Waals surface area (Å²) < 4.78 is 1.68. The van der Waals surface area contributed by atoms with Gasteiger partial charge in [0.15, 0.2) is 0 Å². The van der Waals surface area contributed by atoms with Gasteiger partial charge < -0.3 is 12.4 Å². The summed E-state index contributed by atoms with van der Waals surface area (Å²) in [4.78, 5) is 0. The number of aromatic nitrogens is 1. The molecule has 2 aromatic rings. The third kappa shape index (κ3) is 3.33. The second kappa shape index (κ2) is 6.26. The van der Waals surface area contributed by atoms with Gasteiger partial charge in [0, 0.05) is 22.8 Å². The van der Waals surface area contributed by atoms with Crippen LogP contribution in [-0.2, 0) is 0 Å². The average Bonchev–Trinajstić information content (AvgIpc) is 2.31. The molecule has 2 nitrogen and oxygen atoms in total. The SMILES string of the molecule is Cl/C(=N\[n+]1ccccc1)c1ccccc1.[Cl-]. The van der Waals surface area contributed by atoms with Crippen molar-refractivity contribution in [1.82, 2.24) is 0 Å². The molecule has 0 aliphatic heterocycles. The van der Waals surface area contributed by atoms with E-state index >= 15 is 0 Å². The van der Waals surface area contributed by atoms with Gasteiger partial charge in [-0.3, -0.25) is 0 Å². The number of halogens is 2. The highest BCUT2D eigenvalue weighted by Crippen LogP contribution is 2.03. The molecule has 16 heavy (non-hydrogen) atoms. The Bertz CT molecular complexity index is 455. The van der Waals surface area contributed by atoms with Crippen LogP contribution in [0.15, 0.2) is 66.0 Å². The lowest BCUT2D eigenvalue weighted by Crippen LogP contribution is -3.00. The number of rotatable bonds is 2. The summed E-state index contributed by atoms with van der Waals surface area (Å²) in [6, 6.07) is 15.4. The molecule has 0 saturated carbocycles. The summed E-state index contributed by atoms with van der Waals surface area (Å²) in [6.07, 6.45) is 3.68. The summed E-state index contributed by atoms with van der Waals surface area (Å²) in [6.45, 7) is 0. The van der Waals surface area contributed by atoms with Crippen molar-refractivity contribution in [2.45, 2.75) is 0 Å². The second-order valence-electron chi connectivity index (χ2n) is 3.01. The summed E-state index contributed by atoms with van der Waals surface area (Å²) in [5, 5.41) is 4.71. The minimum Gasteiger partial charge on any atom is -1.00 e. The molecule has 0 atom stereocenters. The van der Waals surface area contributed by atoms with Gasteiger partial charge in [-0.05, 0) is 0 Å². The first-order chi connectivity index (χ1) is 7.36. The lowest BCUT2D eigenvalue weighted by molar-refractivity contribution is -0.678. The zero-order valence-electron chi connectivity index (χ0n) is 8.42. The molecule has 0 aliphatic carbocycles. The van der Waals surface area contributed by atoms with Crippen LogP contribution in [-0.4, -0.2) is 5.17 Å². The van der Waals surface area contributed by atoms with Gasteiger partial charge in [0.1, 0.15) is 0 Å². The second-order valence-corrected chi connectivity index (χ2v) is 3.37. The van der Waals surface area contributed by atoms with Crippen molar-refractivity contribution in [2.24, 2.45) is 5.10 Å². The Kier molecular flexibility index (Phi) is 4.96. The maximum Gasteiger partial charge on any atom is 0.204 e. The molecule has 0 saturated heterocycles. The van der Waals surface area contributed by atoms with Crippen LogP contribution in [0.4, 0.5) is 0 Å². The maximum absolute atomic E-state index is 6.07. The fraction of sp³-hybridized carbons (Fsp3) is 0. The van der Waals surface area contributed by atoms with Gasteiger partial charge in [-0.25, -0.2) is 0 Å². The molecular formula is C12H10Cl2N2. The monoisotopic (exact) mass is 252 g/mol. The zero-order chi connectivity index (χ0) is 10.5. The molecule has 0 N–H and O–H groups in total. The number of nitrogens with zero attached hydrogens (tertiary/aromatic N) is 2. The number of hydrogen-bond donors (Lipinski definition) is 0. The Hall–Kier alpha value is -1.38. The van der Waals surface area contributed by atoms with Crippen molar-refractivity contribution >= 4 is 16.8 Å². The molecule has 0 amide bonds. The highest BCUT2D eigenvalue weighted by molar-refractivity contribution is 6.69. The third-order valence-electron chi connectivity index (χ3n) is 1.92. The van der Waals surface area contributed by atoms with E-state index in [1.807, 2.05) is 60.9 Å². The van der Waals surface area contributed by atoms with Crippen molar-refractivity contribution in [2.75, 3.05) is 0 Å². The highest BCUT2D eigenvalue weighted by atomic mass is 35.5. The summed E-state index contributed by atoms with van der Waals surface area (Å²) in [5.41, 5.74) is 0.913. The molecule has 0 radical (unpaired) electrons. The normalized spacial score (nSPS) is 10.7. The van der Waals surface area contributed by atoms with E-state index in [4.69, 9.17) is 11.6 Å². The van der Waals surface area contributed by atoms with E-state index in [0.29, 0.717) is 5.17 Å². The fourth-order valence-electron chi connectivity index (χ4n) is 1.19. The molecule has 82 valence electrons. The molecule has 1 heterocycles. The van der Waals surface area contributed by atoms with Crippen LogP contribution in [0.25, 0.3) is 0 Å². The van der Waals surface area contributed by atoms with Gasteiger partial charge in [-0.2, -0.15) is 0 Å². The lowest BCUT2D eigenvalue weighted by atomic mass is 10.2. The number of hydrogen-bond acceptors (Lipinski definition) is 1. The van der Waals surface area contributed by atoms with Crippen LogP contribution in [0.5, 0.6) is 0 Å². The van der Waals surface area contributed by atoms with Gasteiger partial charge >= 0.3 is 0 Å². The van der Waals surface area contributed by atoms with Gasteiger partial charge in [0.2, 0.25) is 17.6 Å². The molecule has 0 unspecified atom stereocenters. The van der Waals surface area contributed by atoms with Gasteiger partial charge in [-0.15, -0.1) is 0 Å². The quantitative estimate of drug-likeness (QED) is 0.503. The Balaban J connectivity index is 0.00000128. The van der Waals surface area contributed by atoms with Crippen molar-refractivity contribution < 1.29 is 17.1 Å². The van der Waals surface area contributed by atoms with E-state index < -0.39 is 0 Å². The fourth-order valence-corrected chi connectivity index (χ4v) is 1.40. The largest absolute Gasteiger partial charge is 1.00 e. The van der Waals surface area contributed by atoms with Gasteiger partial charge in [-0.1, -0.05) is 52.7 Å². The molecule has 0 bridgehead atoms. The van der Waals surface area contributed by atoms with Crippen molar-refractivity contribution in [3.05, 3.63) is 66.5 Å². The molecule has 1 aromatic heterocycles. The first-order valence-corrected chi connectivity index (χ1v) is 5.00. The summed E-state index contributed by atoms with van der Waals surface area (Å²) in [7, 11) is 0. The third-order valence-corrected chi connectivity index (χ3v) is 2.21. The maximum atomic E-state index is 6.07. The van der Waals surface area contributed by atoms with Crippen LogP contribution < -0.4 is 17.1 Å². The minimum atomic E-state index is 0. The number of pyridine rings is 1. The van der Waals surface area contributed by atoms with Crippen LogP contribution in [0, 0.1) is 0 Å². The summed E-state index contributed by atoms with van der Waals surface area (Å²) >= 11 is 6.07. The lowest BCUT2D eigenvalue weighted by Gasteiger charge is -1.93.